The van der Waals surface area contributed by atoms with Crippen LogP contribution < -0.4 is 11.1 Å². The molecule has 0 aromatic heterocycles. The second-order valence-electron chi connectivity index (χ2n) is 5.59. The van der Waals surface area contributed by atoms with E-state index in [0.717, 1.165) is 5.56 Å². The molecule has 114 valence electrons. The van der Waals surface area contributed by atoms with Gasteiger partial charge < -0.3 is 20.9 Å². The Kier molecular flexibility index (Phi) is 4.59. The van der Waals surface area contributed by atoms with Gasteiger partial charge in [-0.25, -0.2) is 0 Å². The first-order valence-corrected chi connectivity index (χ1v) is 6.87. The molecule has 0 saturated carbocycles. The van der Waals surface area contributed by atoms with Gasteiger partial charge in [-0.2, -0.15) is 0 Å². The molecule has 1 amide bonds. The number of carbonyl (C=O) groups excluding carboxylic acids is 1. The van der Waals surface area contributed by atoms with Crippen LogP contribution in [-0.4, -0.2) is 36.2 Å². The van der Waals surface area contributed by atoms with E-state index in [-0.39, 0.29) is 18.4 Å². The summed E-state index contributed by atoms with van der Waals surface area (Å²) >= 11 is 0. The number of ether oxygens (including phenoxy) is 1. The number of rotatable bonds is 5. The summed E-state index contributed by atoms with van der Waals surface area (Å²) in [6.07, 6.45) is 0.493. The zero-order chi connectivity index (χ0) is 15.5. The molecule has 4 N–H and O–H groups in total. The van der Waals surface area contributed by atoms with Gasteiger partial charge in [0.05, 0.1) is 18.6 Å². The molecule has 2 rings (SSSR count). The molecule has 1 fully saturated rings. The van der Waals surface area contributed by atoms with Gasteiger partial charge in [0.15, 0.2) is 0 Å². The van der Waals surface area contributed by atoms with Crippen LogP contribution >= 0.6 is 0 Å². The topological polar surface area (TPSA) is 102 Å². The lowest BCUT2D eigenvalue weighted by Crippen LogP contribution is -2.47. The number of hydrogen-bond acceptors (Lipinski definition) is 4. The summed E-state index contributed by atoms with van der Waals surface area (Å²) in [5, 5.41) is 11.5. The molecule has 1 heterocycles. The number of nitrogens with one attached hydrogen (secondary N) is 1. The molecule has 1 aliphatic heterocycles. The van der Waals surface area contributed by atoms with E-state index in [2.05, 4.69) is 5.32 Å². The molecular formula is C15H20N2O4. The van der Waals surface area contributed by atoms with Gasteiger partial charge >= 0.3 is 5.97 Å². The summed E-state index contributed by atoms with van der Waals surface area (Å²) in [6, 6.07) is 6.86. The van der Waals surface area contributed by atoms with E-state index in [0.29, 0.717) is 25.3 Å². The van der Waals surface area contributed by atoms with Crippen molar-refractivity contribution in [2.45, 2.75) is 25.8 Å². The predicted octanol–water partition coefficient (Wildman–Crippen LogP) is 1.01. The number of aliphatic carboxylic acids is 1. The molecule has 1 aliphatic rings. The lowest BCUT2D eigenvalue weighted by atomic mass is 9.85. The third-order valence-corrected chi connectivity index (χ3v) is 3.85. The van der Waals surface area contributed by atoms with Gasteiger partial charge in [0, 0.05) is 18.2 Å². The maximum Gasteiger partial charge on any atom is 0.303 e. The van der Waals surface area contributed by atoms with Gasteiger partial charge in [0.25, 0.3) is 0 Å². The highest BCUT2D eigenvalue weighted by Crippen LogP contribution is 2.28. The molecule has 2 unspecified atom stereocenters. The Morgan fingerprint density at radius 3 is 2.90 bits per heavy atom. The quantitative estimate of drug-likeness (QED) is 0.751. The minimum absolute atomic E-state index is 0.0633. The SMILES string of the molecule is CC1(C(=O)Nc2cccc(CCC(=O)O)c2)COCC1N. The number of nitrogens with two attached hydrogens (primary N) is 1. The Balaban J connectivity index is 2.04. The molecule has 6 nitrogen and oxygen atoms in total. The fraction of sp³-hybridized carbons (Fsp3) is 0.467. The molecule has 0 radical (unpaired) electrons. The van der Waals surface area contributed by atoms with Crippen molar-refractivity contribution in [2.24, 2.45) is 11.1 Å². The summed E-state index contributed by atoms with van der Waals surface area (Å²) < 4.78 is 5.27. The Morgan fingerprint density at radius 1 is 1.52 bits per heavy atom. The van der Waals surface area contributed by atoms with Crippen LogP contribution in [0.15, 0.2) is 24.3 Å². The second-order valence-corrected chi connectivity index (χ2v) is 5.59. The van der Waals surface area contributed by atoms with Crippen LogP contribution in [-0.2, 0) is 20.7 Å². The van der Waals surface area contributed by atoms with Gasteiger partial charge in [-0.05, 0) is 31.0 Å². The Morgan fingerprint density at radius 2 is 2.29 bits per heavy atom. The molecule has 1 aromatic carbocycles. The van der Waals surface area contributed by atoms with Gasteiger partial charge in [-0.1, -0.05) is 12.1 Å². The van der Waals surface area contributed by atoms with Crippen molar-refractivity contribution < 1.29 is 19.4 Å². The normalized spacial score (nSPS) is 24.8. The minimum Gasteiger partial charge on any atom is -0.481 e. The molecule has 0 aliphatic carbocycles. The summed E-state index contributed by atoms with van der Waals surface area (Å²) in [4.78, 5) is 22.9. The summed E-state index contributed by atoms with van der Waals surface area (Å²) in [6.45, 7) is 2.47. The minimum atomic E-state index is -0.842. The molecular weight excluding hydrogens is 272 g/mol. The van der Waals surface area contributed by atoms with Crippen molar-refractivity contribution in [3.8, 4) is 0 Å². The highest BCUT2D eigenvalue weighted by Gasteiger charge is 2.44. The zero-order valence-electron chi connectivity index (χ0n) is 12.0. The standard InChI is InChI=1S/C15H20N2O4/c1-15(9-21-8-12(15)16)14(20)17-11-4-2-3-10(7-11)5-6-13(18)19/h2-4,7,12H,5-6,8-9,16H2,1H3,(H,17,20)(H,18,19). The van der Waals surface area contributed by atoms with E-state index < -0.39 is 11.4 Å². The number of benzene rings is 1. The average molecular weight is 292 g/mol. The van der Waals surface area contributed by atoms with Crippen LogP contribution in [0.5, 0.6) is 0 Å². The van der Waals surface area contributed by atoms with Crippen molar-refractivity contribution >= 4 is 17.6 Å². The Bertz CT molecular complexity index is 546. The fourth-order valence-electron chi connectivity index (χ4n) is 2.25. The third-order valence-electron chi connectivity index (χ3n) is 3.85. The maximum absolute atomic E-state index is 12.4. The largest absolute Gasteiger partial charge is 0.481 e. The van der Waals surface area contributed by atoms with Crippen molar-refractivity contribution in [3.63, 3.8) is 0 Å². The van der Waals surface area contributed by atoms with Gasteiger partial charge in [0.2, 0.25) is 5.91 Å². The van der Waals surface area contributed by atoms with Crippen LogP contribution in [0, 0.1) is 5.41 Å². The van der Waals surface area contributed by atoms with E-state index in [4.69, 9.17) is 15.6 Å². The van der Waals surface area contributed by atoms with Gasteiger partial charge in [-0.3, -0.25) is 9.59 Å². The second kappa shape index (κ2) is 6.24. The number of hydrogen-bond donors (Lipinski definition) is 3. The first-order chi connectivity index (χ1) is 9.91. The van der Waals surface area contributed by atoms with Gasteiger partial charge in [0.1, 0.15) is 0 Å². The van der Waals surface area contributed by atoms with Crippen LogP contribution in [0.1, 0.15) is 18.9 Å². The summed E-state index contributed by atoms with van der Waals surface area (Å²) in [7, 11) is 0. The number of carbonyl (C=O) groups is 2. The lowest BCUT2D eigenvalue weighted by molar-refractivity contribution is -0.137. The predicted molar refractivity (Wildman–Crippen MR) is 77.9 cm³/mol. The van der Waals surface area contributed by atoms with Crippen molar-refractivity contribution in [1.29, 1.82) is 0 Å². The molecule has 1 aromatic rings. The first kappa shape index (κ1) is 15.5. The molecule has 0 spiro atoms. The number of carboxylic acids is 1. The average Bonchev–Trinajstić information content (AvgIpc) is 2.78. The smallest absolute Gasteiger partial charge is 0.303 e. The first-order valence-electron chi connectivity index (χ1n) is 6.87. The number of carboxylic acid groups (broad SMARTS) is 1. The monoisotopic (exact) mass is 292 g/mol. The molecule has 6 heteroatoms. The van der Waals surface area contributed by atoms with E-state index >= 15 is 0 Å². The van der Waals surface area contributed by atoms with Crippen molar-refractivity contribution in [1.82, 2.24) is 0 Å². The Labute approximate surface area is 123 Å². The molecule has 1 saturated heterocycles. The van der Waals surface area contributed by atoms with Crippen molar-refractivity contribution in [3.05, 3.63) is 29.8 Å². The summed E-state index contributed by atoms with van der Waals surface area (Å²) in [5.74, 6) is -1.02. The summed E-state index contributed by atoms with van der Waals surface area (Å²) in [5.41, 5.74) is 6.70. The van der Waals surface area contributed by atoms with E-state index in [1.165, 1.54) is 0 Å². The highest BCUT2D eigenvalue weighted by atomic mass is 16.5. The number of aryl methyl sites for hydroxylation is 1. The van der Waals surface area contributed by atoms with Crippen molar-refractivity contribution in [2.75, 3.05) is 18.5 Å². The van der Waals surface area contributed by atoms with Crippen LogP contribution in [0.2, 0.25) is 0 Å². The van der Waals surface area contributed by atoms with E-state index in [9.17, 15) is 9.59 Å². The van der Waals surface area contributed by atoms with E-state index in [1.54, 1.807) is 25.1 Å². The molecule has 0 bridgehead atoms. The lowest BCUT2D eigenvalue weighted by Gasteiger charge is -2.25. The number of anilines is 1. The zero-order valence-corrected chi connectivity index (χ0v) is 12.0. The number of amides is 1. The Hall–Kier alpha value is -1.92. The molecule has 21 heavy (non-hydrogen) atoms. The van der Waals surface area contributed by atoms with Gasteiger partial charge in [-0.15, -0.1) is 0 Å². The molecule has 2 atom stereocenters. The third kappa shape index (κ3) is 3.59. The van der Waals surface area contributed by atoms with E-state index in [1.807, 2.05) is 6.07 Å². The highest BCUT2D eigenvalue weighted by molar-refractivity contribution is 5.96. The van der Waals surface area contributed by atoms with Crippen LogP contribution in [0.25, 0.3) is 0 Å². The van der Waals surface area contributed by atoms with Crippen LogP contribution in [0.3, 0.4) is 0 Å². The van der Waals surface area contributed by atoms with Crippen LogP contribution in [0.4, 0.5) is 5.69 Å². The fourth-order valence-corrected chi connectivity index (χ4v) is 2.25. The maximum atomic E-state index is 12.4.